The Balaban J connectivity index is 1.64. The summed E-state index contributed by atoms with van der Waals surface area (Å²) in [5.41, 5.74) is 2.14. The maximum absolute atomic E-state index is 13.9. The number of benzene rings is 1. The molecule has 0 atom stereocenters. The van der Waals surface area contributed by atoms with Crippen LogP contribution in [0.3, 0.4) is 0 Å². The van der Waals surface area contributed by atoms with Gasteiger partial charge in [-0.25, -0.2) is 18.7 Å². The monoisotopic (exact) mass is 469 g/mol. The molecule has 170 valence electrons. The zero-order chi connectivity index (χ0) is 23.5. The van der Waals surface area contributed by atoms with Crippen LogP contribution >= 0.6 is 11.3 Å². The number of thiophene rings is 1. The second kappa shape index (κ2) is 9.55. The average molecular weight is 470 g/mol. The molecule has 0 saturated carbocycles. The molecule has 3 heterocycles. The zero-order valence-electron chi connectivity index (χ0n) is 18.2. The molecule has 33 heavy (non-hydrogen) atoms. The van der Waals surface area contributed by atoms with Crippen LogP contribution in [0.5, 0.6) is 0 Å². The van der Waals surface area contributed by atoms with Gasteiger partial charge in [0.25, 0.3) is 11.9 Å². The van der Waals surface area contributed by atoms with Gasteiger partial charge in [0, 0.05) is 40.7 Å². The number of rotatable bonds is 7. The SMILES string of the molecule is COCc1c(C(=O)NCc2c(F)cccc2F)cnn1-c1nccc(-c2cc(C)sc2C)n1. The van der Waals surface area contributed by atoms with Crippen molar-refractivity contribution < 1.29 is 18.3 Å². The fraction of sp³-hybridized carbons (Fsp3) is 0.217. The normalized spacial score (nSPS) is 11.1. The molecule has 0 aliphatic heterocycles. The molecule has 0 unspecified atom stereocenters. The third kappa shape index (κ3) is 4.67. The Morgan fingerprint density at radius 2 is 1.97 bits per heavy atom. The number of ether oxygens (including phenoxy) is 1. The van der Waals surface area contributed by atoms with Gasteiger partial charge in [-0.15, -0.1) is 11.3 Å². The lowest BCUT2D eigenvalue weighted by atomic mass is 10.2. The van der Waals surface area contributed by atoms with E-state index in [1.807, 2.05) is 19.9 Å². The predicted octanol–water partition coefficient (Wildman–Crippen LogP) is 4.36. The second-order valence-corrected chi connectivity index (χ2v) is 8.76. The van der Waals surface area contributed by atoms with Gasteiger partial charge in [0.15, 0.2) is 0 Å². The smallest absolute Gasteiger partial charge is 0.255 e. The van der Waals surface area contributed by atoms with Crippen LogP contribution in [0.2, 0.25) is 0 Å². The first kappa shape index (κ1) is 22.7. The number of aromatic nitrogens is 4. The third-order valence-electron chi connectivity index (χ3n) is 5.03. The van der Waals surface area contributed by atoms with E-state index in [0.717, 1.165) is 28.3 Å². The Morgan fingerprint density at radius 1 is 1.21 bits per heavy atom. The van der Waals surface area contributed by atoms with Gasteiger partial charge in [-0.3, -0.25) is 4.79 Å². The van der Waals surface area contributed by atoms with Crippen molar-refractivity contribution in [3.8, 4) is 17.2 Å². The molecule has 1 aromatic carbocycles. The van der Waals surface area contributed by atoms with Crippen molar-refractivity contribution in [1.29, 1.82) is 0 Å². The Labute approximate surface area is 193 Å². The van der Waals surface area contributed by atoms with Crippen LogP contribution in [0.25, 0.3) is 17.2 Å². The van der Waals surface area contributed by atoms with Crippen molar-refractivity contribution in [2.45, 2.75) is 27.0 Å². The minimum atomic E-state index is -0.729. The van der Waals surface area contributed by atoms with E-state index in [2.05, 4.69) is 26.4 Å². The fourth-order valence-electron chi connectivity index (χ4n) is 3.46. The Bertz CT molecular complexity index is 1300. The van der Waals surface area contributed by atoms with E-state index in [1.54, 1.807) is 17.5 Å². The van der Waals surface area contributed by atoms with Gasteiger partial charge in [0.1, 0.15) is 11.6 Å². The summed E-state index contributed by atoms with van der Waals surface area (Å²) in [6, 6.07) is 7.42. The van der Waals surface area contributed by atoms with Crippen LogP contribution in [0, 0.1) is 25.5 Å². The Hall–Kier alpha value is -3.50. The summed E-state index contributed by atoms with van der Waals surface area (Å²) in [6.07, 6.45) is 2.99. The van der Waals surface area contributed by atoms with Crippen molar-refractivity contribution >= 4 is 17.2 Å². The molecule has 0 aliphatic rings. The molecule has 10 heteroatoms. The average Bonchev–Trinajstić information content (AvgIpc) is 3.36. The van der Waals surface area contributed by atoms with Crippen molar-refractivity contribution in [2.24, 2.45) is 0 Å². The van der Waals surface area contributed by atoms with Crippen molar-refractivity contribution in [3.05, 3.63) is 80.9 Å². The first-order chi connectivity index (χ1) is 15.9. The number of nitrogens with zero attached hydrogens (tertiary/aromatic N) is 4. The van der Waals surface area contributed by atoms with Gasteiger partial charge < -0.3 is 10.1 Å². The van der Waals surface area contributed by atoms with Crippen LogP contribution in [0.4, 0.5) is 8.78 Å². The summed E-state index contributed by atoms with van der Waals surface area (Å²) in [6.45, 7) is 3.81. The molecule has 0 saturated heterocycles. The van der Waals surface area contributed by atoms with Crippen LogP contribution < -0.4 is 5.32 Å². The van der Waals surface area contributed by atoms with Gasteiger partial charge in [0.05, 0.1) is 29.8 Å². The van der Waals surface area contributed by atoms with E-state index in [9.17, 15) is 13.6 Å². The Morgan fingerprint density at radius 3 is 2.64 bits per heavy atom. The lowest BCUT2D eigenvalue weighted by molar-refractivity contribution is 0.0945. The van der Waals surface area contributed by atoms with Gasteiger partial charge in [0.2, 0.25) is 0 Å². The molecule has 0 bridgehead atoms. The summed E-state index contributed by atoms with van der Waals surface area (Å²) in [5.74, 6) is -1.72. The second-order valence-electron chi connectivity index (χ2n) is 7.30. The van der Waals surface area contributed by atoms with Crippen LogP contribution in [0.1, 0.15) is 31.4 Å². The minimum Gasteiger partial charge on any atom is -0.378 e. The fourth-order valence-corrected chi connectivity index (χ4v) is 4.40. The van der Waals surface area contributed by atoms with E-state index >= 15 is 0 Å². The maximum atomic E-state index is 13.9. The largest absolute Gasteiger partial charge is 0.378 e. The number of methoxy groups -OCH3 is 1. The third-order valence-corrected chi connectivity index (χ3v) is 6.00. The summed E-state index contributed by atoms with van der Waals surface area (Å²) in [7, 11) is 1.49. The minimum absolute atomic E-state index is 0.0565. The quantitative estimate of drug-likeness (QED) is 0.435. The first-order valence-electron chi connectivity index (χ1n) is 10.1. The molecule has 0 spiro atoms. The highest BCUT2D eigenvalue weighted by Crippen LogP contribution is 2.29. The standard InChI is InChI=1S/C23H21F2N5O2S/c1-13-9-15(14(2)33-13)20-7-8-26-23(29-20)30-21(12-32-3)17(11-28-30)22(31)27-10-16-18(24)5-4-6-19(16)25/h4-9,11H,10,12H2,1-3H3,(H,27,31). The number of carbonyl (C=O) groups is 1. The van der Waals surface area contributed by atoms with Crippen LogP contribution in [-0.2, 0) is 17.9 Å². The molecule has 1 amide bonds. The number of carbonyl (C=O) groups excluding carboxylic acids is 1. The molecule has 0 aliphatic carbocycles. The molecule has 0 radical (unpaired) electrons. The number of nitrogens with one attached hydrogen (secondary N) is 1. The van der Waals surface area contributed by atoms with E-state index in [0.29, 0.717) is 5.69 Å². The maximum Gasteiger partial charge on any atom is 0.255 e. The number of amides is 1. The van der Waals surface area contributed by atoms with E-state index in [-0.39, 0.29) is 30.2 Å². The predicted molar refractivity (Wildman–Crippen MR) is 120 cm³/mol. The summed E-state index contributed by atoms with van der Waals surface area (Å²) in [4.78, 5) is 24.1. The van der Waals surface area contributed by atoms with Crippen molar-refractivity contribution in [3.63, 3.8) is 0 Å². The lowest BCUT2D eigenvalue weighted by Gasteiger charge is -2.10. The Kier molecular flexibility index (Phi) is 6.57. The molecular formula is C23H21F2N5O2S. The van der Waals surface area contributed by atoms with Crippen LogP contribution in [-0.4, -0.2) is 32.8 Å². The topological polar surface area (TPSA) is 81.9 Å². The zero-order valence-corrected chi connectivity index (χ0v) is 19.0. The molecule has 3 aromatic heterocycles. The van der Waals surface area contributed by atoms with Gasteiger partial charge in [-0.2, -0.15) is 9.78 Å². The van der Waals surface area contributed by atoms with Gasteiger partial charge >= 0.3 is 0 Å². The summed E-state index contributed by atoms with van der Waals surface area (Å²) in [5, 5.41) is 6.82. The molecule has 4 rings (SSSR count). The highest BCUT2D eigenvalue weighted by molar-refractivity contribution is 7.12. The number of halogens is 2. The first-order valence-corrected chi connectivity index (χ1v) is 10.9. The number of aryl methyl sites for hydroxylation is 2. The number of hydrogen-bond donors (Lipinski definition) is 1. The van der Waals surface area contributed by atoms with Crippen molar-refractivity contribution in [1.82, 2.24) is 25.1 Å². The van der Waals surface area contributed by atoms with Crippen LogP contribution in [0.15, 0.2) is 42.7 Å². The van der Waals surface area contributed by atoms with E-state index < -0.39 is 17.5 Å². The van der Waals surface area contributed by atoms with Gasteiger partial charge in [-0.1, -0.05) is 6.07 Å². The lowest BCUT2D eigenvalue weighted by Crippen LogP contribution is -2.25. The molecule has 1 N–H and O–H groups in total. The van der Waals surface area contributed by atoms with E-state index in [1.165, 1.54) is 28.9 Å². The highest BCUT2D eigenvalue weighted by Gasteiger charge is 2.21. The molecule has 4 aromatic rings. The summed E-state index contributed by atoms with van der Waals surface area (Å²) >= 11 is 1.68. The molecule has 0 fully saturated rings. The summed E-state index contributed by atoms with van der Waals surface area (Å²) < 4.78 is 34.5. The highest BCUT2D eigenvalue weighted by atomic mass is 32.1. The molecule has 7 nitrogen and oxygen atoms in total. The van der Waals surface area contributed by atoms with Crippen molar-refractivity contribution in [2.75, 3.05) is 7.11 Å². The number of hydrogen-bond acceptors (Lipinski definition) is 6. The van der Waals surface area contributed by atoms with Gasteiger partial charge in [-0.05, 0) is 38.1 Å². The molecular weight excluding hydrogens is 448 g/mol. The van der Waals surface area contributed by atoms with E-state index in [4.69, 9.17) is 4.74 Å².